The van der Waals surface area contributed by atoms with Crippen molar-refractivity contribution in [2.45, 2.75) is 44.6 Å². The quantitative estimate of drug-likeness (QED) is 0.621. The number of piperidine rings is 3. The number of nitrogens with zero attached hydrogens (tertiary/aromatic N) is 3. The predicted molar refractivity (Wildman–Crippen MR) is 129 cm³/mol. The summed E-state index contributed by atoms with van der Waals surface area (Å²) in [6.07, 6.45) is 5.29. The summed E-state index contributed by atoms with van der Waals surface area (Å²) in [5, 5.41) is 5.69. The molecule has 9 heteroatoms. The summed E-state index contributed by atoms with van der Waals surface area (Å²) in [6, 6.07) is 4.51. The number of carbonyl (C=O) groups excluding carboxylic acids is 4. The normalized spacial score (nSPS) is 27.3. The maximum absolute atomic E-state index is 13.1. The third kappa shape index (κ3) is 4.04. The Labute approximate surface area is 205 Å². The van der Waals surface area contributed by atoms with E-state index in [1.807, 2.05) is 6.07 Å². The maximum atomic E-state index is 13.1. The van der Waals surface area contributed by atoms with Crippen molar-refractivity contribution in [2.24, 2.45) is 11.3 Å². The molecule has 5 heterocycles. The highest BCUT2D eigenvalue weighted by Crippen LogP contribution is 2.43. The second kappa shape index (κ2) is 8.71. The van der Waals surface area contributed by atoms with Gasteiger partial charge in [0.25, 0.3) is 11.8 Å². The third-order valence-corrected chi connectivity index (χ3v) is 8.73. The Morgan fingerprint density at radius 1 is 0.914 bits per heavy atom. The smallest absolute Gasteiger partial charge is 0.262 e. The molecule has 2 N–H and O–H groups in total. The molecule has 4 saturated heterocycles. The zero-order chi connectivity index (χ0) is 24.2. The Balaban J connectivity index is 1.08. The van der Waals surface area contributed by atoms with Crippen molar-refractivity contribution in [3.8, 4) is 0 Å². The summed E-state index contributed by atoms with van der Waals surface area (Å²) >= 11 is 0. The van der Waals surface area contributed by atoms with Gasteiger partial charge >= 0.3 is 0 Å². The zero-order valence-corrected chi connectivity index (χ0v) is 20.1. The fraction of sp³-hybridized carbons (Fsp3) is 0.615. The van der Waals surface area contributed by atoms with Crippen molar-refractivity contribution in [1.82, 2.24) is 20.4 Å². The van der Waals surface area contributed by atoms with E-state index < -0.39 is 23.8 Å². The van der Waals surface area contributed by atoms with Crippen LogP contribution in [0, 0.1) is 11.3 Å². The van der Waals surface area contributed by atoms with Crippen molar-refractivity contribution >= 4 is 29.3 Å². The average Bonchev–Trinajstić information content (AvgIpc) is 3.08. The minimum absolute atomic E-state index is 0.125. The summed E-state index contributed by atoms with van der Waals surface area (Å²) in [6.45, 7) is 7.81. The molecule has 1 aromatic rings. The lowest BCUT2D eigenvalue weighted by atomic mass is 9.71. The summed E-state index contributed by atoms with van der Waals surface area (Å²) < 4.78 is 0. The van der Waals surface area contributed by atoms with E-state index in [1.54, 1.807) is 12.1 Å². The molecule has 9 nitrogen and oxygen atoms in total. The number of benzene rings is 1. The number of anilines is 1. The van der Waals surface area contributed by atoms with E-state index in [2.05, 4.69) is 20.4 Å². The minimum Gasteiger partial charge on any atom is -0.370 e. The van der Waals surface area contributed by atoms with Gasteiger partial charge in [0.05, 0.1) is 11.1 Å². The van der Waals surface area contributed by atoms with Gasteiger partial charge in [-0.25, -0.2) is 0 Å². The Morgan fingerprint density at radius 2 is 1.63 bits per heavy atom. The van der Waals surface area contributed by atoms with Gasteiger partial charge in [-0.15, -0.1) is 0 Å². The number of rotatable bonds is 4. The van der Waals surface area contributed by atoms with Crippen molar-refractivity contribution in [1.29, 1.82) is 0 Å². The topological polar surface area (TPSA) is 102 Å². The second-order valence-corrected chi connectivity index (χ2v) is 11.0. The molecular weight excluding hydrogens is 446 g/mol. The number of hydrogen-bond acceptors (Lipinski definition) is 7. The van der Waals surface area contributed by atoms with Crippen LogP contribution >= 0.6 is 0 Å². The van der Waals surface area contributed by atoms with Crippen LogP contribution in [0.2, 0.25) is 0 Å². The Hall–Kier alpha value is -2.78. The maximum Gasteiger partial charge on any atom is 0.262 e. The predicted octanol–water partition coefficient (Wildman–Crippen LogP) is 0.990. The molecule has 0 aliphatic carbocycles. The summed E-state index contributed by atoms with van der Waals surface area (Å²) in [5.41, 5.74) is 2.00. The lowest BCUT2D eigenvalue weighted by Crippen LogP contribution is -2.60. The van der Waals surface area contributed by atoms with Crippen LogP contribution in [0.25, 0.3) is 0 Å². The molecular formula is C26H33N5O4. The molecule has 1 unspecified atom stereocenters. The Bertz CT molecular complexity index is 1070. The number of nitrogens with one attached hydrogen (secondary N) is 2. The first-order valence-electron chi connectivity index (χ1n) is 13.0. The van der Waals surface area contributed by atoms with Crippen LogP contribution in [0.1, 0.15) is 59.2 Å². The molecule has 4 fully saturated rings. The highest BCUT2D eigenvalue weighted by atomic mass is 16.2. The number of imide groups is 2. The van der Waals surface area contributed by atoms with Gasteiger partial charge in [-0.3, -0.25) is 29.4 Å². The lowest BCUT2D eigenvalue weighted by Gasteiger charge is -2.55. The van der Waals surface area contributed by atoms with Gasteiger partial charge in [-0.05, 0) is 82.4 Å². The van der Waals surface area contributed by atoms with E-state index >= 15 is 0 Å². The fourth-order valence-corrected chi connectivity index (χ4v) is 6.56. The molecule has 1 aromatic carbocycles. The van der Waals surface area contributed by atoms with Crippen molar-refractivity contribution in [2.75, 3.05) is 50.7 Å². The van der Waals surface area contributed by atoms with E-state index in [-0.39, 0.29) is 18.7 Å². The highest BCUT2D eigenvalue weighted by Gasteiger charge is 2.47. The summed E-state index contributed by atoms with van der Waals surface area (Å²) in [4.78, 5) is 55.8. The molecule has 5 aliphatic heterocycles. The van der Waals surface area contributed by atoms with E-state index in [0.29, 0.717) is 16.5 Å². The molecule has 1 atom stereocenters. The van der Waals surface area contributed by atoms with E-state index in [1.165, 1.54) is 32.2 Å². The van der Waals surface area contributed by atoms with Gasteiger partial charge < -0.3 is 15.1 Å². The monoisotopic (exact) mass is 479 g/mol. The highest BCUT2D eigenvalue weighted by molar-refractivity contribution is 6.23. The number of hydrogen-bond donors (Lipinski definition) is 2. The first-order chi connectivity index (χ1) is 16.9. The zero-order valence-electron chi connectivity index (χ0n) is 20.1. The van der Waals surface area contributed by atoms with Gasteiger partial charge in [0.1, 0.15) is 6.04 Å². The van der Waals surface area contributed by atoms with Gasteiger partial charge in [0.2, 0.25) is 11.8 Å². The van der Waals surface area contributed by atoms with E-state index in [9.17, 15) is 19.2 Å². The van der Waals surface area contributed by atoms with E-state index in [4.69, 9.17) is 0 Å². The molecule has 1 spiro atoms. The first-order valence-corrected chi connectivity index (χ1v) is 13.0. The molecule has 0 radical (unpaired) electrons. The SMILES string of the molecule is O=C1CCC(N2C(=O)c3ccc(N4CC5(CCN(CC6CCNCC6)CC5)C4)cc3C2=O)C(=O)N1. The third-order valence-electron chi connectivity index (χ3n) is 8.73. The molecule has 186 valence electrons. The first kappa shape index (κ1) is 22.7. The fourth-order valence-electron chi connectivity index (χ4n) is 6.56. The standard InChI is InChI=1S/C26H33N5O4/c32-22-4-3-21(23(33)28-22)31-24(34)19-2-1-18(13-20(19)25(31)35)30-15-26(16-30)7-11-29(12-8-26)14-17-5-9-27-10-6-17/h1-2,13,17,21,27H,3-12,14-16H2,(H,28,32,33). The molecule has 35 heavy (non-hydrogen) atoms. The van der Waals surface area contributed by atoms with Crippen LogP contribution in [0.5, 0.6) is 0 Å². The molecule has 0 aromatic heterocycles. The molecule has 5 aliphatic rings. The van der Waals surface area contributed by atoms with Crippen molar-refractivity contribution < 1.29 is 19.2 Å². The van der Waals surface area contributed by atoms with E-state index in [0.717, 1.165) is 55.8 Å². The summed E-state index contributed by atoms with van der Waals surface area (Å²) in [7, 11) is 0. The number of fused-ring (bicyclic) bond motifs is 1. The Kier molecular flexibility index (Phi) is 5.64. The second-order valence-electron chi connectivity index (χ2n) is 11.0. The van der Waals surface area contributed by atoms with Gasteiger partial charge in [-0.1, -0.05) is 0 Å². The minimum atomic E-state index is -0.925. The number of amides is 4. The summed E-state index contributed by atoms with van der Waals surface area (Å²) in [5.74, 6) is -1.01. The Morgan fingerprint density at radius 3 is 2.34 bits per heavy atom. The van der Waals surface area contributed by atoms with Gasteiger partial charge in [0, 0.05) is 37.2 Å². The lowest BCUT2D eigenvalue weighted by molar-refractivity contribution is -0.136. The molecule has 0 bridgehead atoms. The van der Waals surface area contributed by atoms with Crippen molar-refractivity contribution in [3.63, 3.8) is 0 Å². The van der Waals surface area contributed by atoms with Crippen LogP contribution < -0.4 is 15.5 Å². The van der Waals surface area contributed by atoms with Crippen LogP contribution in [-0.2, 0) is 9.59 Å². The number of carbonyl (C=O) groups is 4. The van der Waals surface area contributed by atoms with Crippen LogP contribution in [0.3, 0.4) is 0 Å². The van der Waals surface area contributed by atoms with Crippen LogP contribution in [0.4, 0.5) is 5.69 Å². The largest absolute Gasteiger partial charge is 0.370 e. The van der Waals surface area contributed by atoms with Gasteiger partial charge in [-0.2, -0.15) is 0 Å². The van der Waals surface area contributed by atoms with Gasteiger partial charge in [0.15, 0.2) is 0 Å². The molecule has 0 saturated carbocycles. The number of likely N-dealkylation sites (tertiary alicyclic amines) is 1. The molecule has 6 rings (SSSR count). The van der Waals surface area contributed by atoms with Crippen LogP contribution in [0.15, 0.2) is 18.2 Å². The average molecular weight is 480 g/mol. The van der Waals surface area contributed by atoms with Crippen LogP contribution in [-0.4, -0.2) is 85.3 Å². The van der Waals surface area contributed by atoms with Crippen molar-refractivity contribution in [3.05, 3.63) is 29.3 Å². The molecule has 4 amide bonds.